The monoisotopic (exact) mass is 492 g/mol. The number of carbonyl (C=O) groups excluding carboxylic acids is 2. The lowest BCUT2D eigenvalue weighted by molar-refractivity contribution is -0.142. The summed E-state index contributed by atoms with van der Waals surface area (Å²) in [6, 6.07) is 11.0. The van der Waals surface area contributed by atoms with Crippen LogP contribution in [0, 0.1) is 5.82 Å². The van der Waals surface area contributed by atoms with Crippen molar-refractivity contribution in [3.05, 3.63) is 63.9 Å². The van der Waals surface area contributed by atoms with Crippen LogP contribution in [-0.4, -0.2) is 36.4 Å². The second-order valence-corrected chi connectivity index (χ2v) is 9.22. The number of hydrogen-bond donors (Lipinski definition) is 1. The van der Waals surface area contributed by atoms with Crippen molar-refractivity contribution in [1.82, 2.24) is 10.2 Å². The normalized spacial score (nSPS) is 12.2. The maximum atomic E-state index is 13.3. The second kappa shape index (κ2) is 10.8. The van der Waals surface area contributed by atoms with Crippen molar-refractivity contribution in [3.8, 4) is 5.75 Å². The fourth-order valence-corrected chi connectivity index (χ4v) is 3.67. The number of amides is 2. The highest BCUT2D eigenvalue weighted by molar-refractivity contribution is 9.10. The highest BCUT2D eigenvalue weighted by atomic mass is 79.9. The second-order valence-electron chi connectivity index (χ2n) is 8.37. The molecule has 0 aliphatic carbocycles. The van der Waals surface area contributed by atoms with Gasteiger partial charge in [0.2, 0.25) is 5.91 Å². The first-order chi connectivity index (χ1) is 14.6. The highest BCUT2D eigenvalue weighted by Gasteiger charge is 2.28. The zero-order valence-corrected chi connectivity index (χ0v) is 20.3. The average Bonchev–Trinajstić information content (AvgIpc) is 2.72. The van der Waals surface area contributed by atoms with E-state index in [9.17, 15) is 14.0 Å². The van der Waals surface area contributed by atoms with Crippen molar-refractivity contribution in [1.29, 1.82) is 0 Å². The van der Waals surface area contributed by atoms with Gasteiger partial charge in [-0.3, -0.25) is 9.59 Å². The van der Waals surface area contributed by atoms with E-state index in [1.54, 1.807) is 12.1 Å². The minimum atomic E-state index is -0.655. The number of rotatable bonds is 8. The third kappa shape index (κ3) is 6.79. The number of ether oxygens (including phenoxy) is 1. The van der Waals surface area contributed by atoms with Crippen molar-refractivity contribution in [3.63, 3.8) is 0 Å². The molecule has 0 bridgehead atoms. The minimum Gasteiger partial charge on any atom is -0.483 e. The number of nitrogens with one attached hydrogen (secondary N) is 1. The number of likely N-dealkylation sites (N-methyl/N-ethyl adjacent to an activating group) is 1. The predicted octanol–water partition coefficient (Wildman–Crippen LogP) is 4.82. The quantitative estimate of drug-likeness (QED) is 0.574. The third-order valence-electron chi connectivity index (χ3n) is 5.05. The molecule has 0 aromatic heterocycles. The van der Waals surface area contributed by atoms with Gasteiger partial charge in [0.25, 0.3) is 5.91 Å². The van der Waals surface area contributed by atoms with Crippen LogP contribution >= 0.6 is 15.9 Å². The molecule has 0 aliphatic rings. The van der Waals surface area contributed by atoms with Crippen LogP contribution in [0.5, 0.6) is 5.75 Å². The molecule has 31 heavy (non-hydrogen) atoms. The lowest BCUT2D eigenvalue weighted by Crippen LogP contribution is -2.49. The molecule has 0 saturated heterocycles. The Morgan fingerprint density at radius 1 is 1.16 bits per heavy atom. The van der Waals surface area contributed by atoms with Crippen LogP contribution in [0.25, 0.3) is 0 Å². The molecule has 0 spiro atoms. The van der Waals surface area contributed by atoms with E-state index in [0.29, 0.717) is 12.2 Å². The summed E-state index contributed by atoms with van der Waals surface area (Å²) >= 11 is 3.51. The summed E-state index contributed by atoms with van der Waals surface area (Å²) in [5, 5.41) is 2.61. The van der Waals surface area contributed by atoms with Gasteiger partial charge < -0.3 is 15.0 Å². The molecular formula is C24H30BrFN2O3. The first-order valence-corrected chi connectivity index (χ1v) is 11.0. The molecule has 1 N–H and O–H groups in total. The molecule has 168 valence electrons. The Morgan fingerprint density at radius 3 is 2.32 bits per heavy atom. The lowest BCUT2D eigenvalue weighted by atomic mass is 9.87. The zero-order valence-electron chi connectivity index (χ0n) is 18.7. The maximum Gasteiger partial charge on any atom is 0.261 e. The largest absolute Gasteiger partial charge is 0.483 e. The van der Waals surface area contributed by atoms with Crippen LogP contribution in [0.2, 0.25) is 0 Å². The van der Waals surface area contributed by atoms with Crippen molar-refractivity contribution in [2.45, 2.75) is 52.1 Å². The van der Waals surface area contributed by atoms with Crippen LogP contribution in [0.15, 0.2) is 46.9 Å². The van der Waals surface area contributed by atoms with Gasteiger partial charge in [-0.25, -0.2) is 4.39 Å². The van der Waals surface area contributed by atoms with E-state index in [4.69, 9.17) is 4.74 Å². The van der Waals surface area contributed by atoms with Crippen LogP contribution in [0.3, 0.4) is 0 Å². The first kappa shape index (κ1) is 24.9. The predicted molar refractivity (Wildman–Crippen MR) is 123 cm³/mol. The van der Waals surface area contributed by atoms with Crippen molar-refractivity contribution in [2.24, 2.45) is 0 Å². The summed E-state index contributed by atoms with van der Waals surface area (Å²) in [7, 11) is 1.54. The Hall–Kier alpha value is -2.41. The summed E-state index contributed by atoms with van der Waals surface area (Å²) in [5.74, 6) is -0.386. The van der Waals surface area contributed by atoms with E-state index in [2.05, 4.69) is 42.0 Å². The van der Waals surface area contributed by atoms with Gasteiger partial charge in [-0.15, -0.1) is 0 Å². The number of hydrogen-bond acceptors (Lipinski definition) is 3. The number of nitrogens with zero attached hydrogens (tertiary/aromatic N) is 1. The standard InChI is InChI=1S/C24H30BrFN2O3/c1-6-20(23(30)27-5)28(14-16-7-10-18(26)11-8-16)22(29)15-31-21-12-9-17(13-19(21)25)24(2,3)4/h7-13,20H,6,14-15H2,1-5H3,(H,27,30). The van der Waals surface area contributed by atoms with Crippen molar-refractivity contribution >= 4 is 27.7 Å². The third-order valence-corrected chi connectivity index (χ3v) is 5.67. The Labute approximate surface area is 192 Å². The molecule has 2 aromatic rings. The van der Waals surface area contributed by atoms with Gasteiger partial charge in [0.1, 0.15) is 17.6 Å². The Bertz CT molecular complexity index is 910. The summed E-state index contributed by atoms with van der Waals surface area (Å²) in [6.07, 6.45) is 0.441. The highest BCUT2D eigenvalue weighted by Crippen LogP contribution is 2.31. The first-order valence-electron chi connectivity index (χ1n) is 10.2. The lowest BCUT2D eigenvalue weighted by Gasteiger charge is -2.30. The summed E-state index contributed by atoms with van der Waals surface area (Å²) in [5.41, 5.74) is 1.86. The van der Waals surface area contributed by atoms with Crippen LogP contribution in [0.4, 0.5) is 4.39 Å². The van der Waals surface area contributed by atoms with Crippen LogP contribution < -0.4 is 10.1 Å². The molecule has 0 aliphatic heterocycles. The Balaban J connectivity index is 2.20. The molecule has 0 saturated carbocycles. The summed E-state index contributed by atoms with van der Waals surface area (Å²) in [4.78, 5) is 26.9. The fraction of sp³-hybridized carbons (Fsp3) is 0.417. The fourth-order valence-electron chi connectivity index (χ4n) is 3.18. The van der Waals surface area contributed by atoms with Gasteiger partial charge in [-0.1, -0.05) is 45.9 Å². The minimum absolute atomic E-state index is 0.00924. The van der Waals surface area contributed by atoms with E-state index in [0.717, 1.165) is 15.6 Å². The Morgan fingerprint density at radius 2 is 1.81 bits per heavy atom. The van der Waals surface area contributed by atoms with Gasteiger partial charge in [0, 0.05) is 13.6 Å². The van der Waals surface area contributed by atoms with E-state index >= 15 is 0 Å². The van der Waals surface area contributed by atoms with E-state index in [1.165, 1.54) is 24.1 Å². The van der Waals surface area contributed by atoms with Crippen molar-refractivity contribution < 1.29 is 18.7 Å². The molecule has 7 heteroatoms. The molecule has 1 unspecified atom stereocenters. The Kier molecular flexibility index (Phi) is 8.62. The van der Waals surface area contributed by atoms with Crippen molar-refractivity contribution in [2.75, 3.05) is 13.7 Å². The maximum absolute atomic E-state index is 13.3. The zero-order chi connectivity index (χ0) is 23.2. The van der Waals surface area contributed by atoms with Gasteiger partial charge in [-0.2, -0.15) is 0 Å². The van der Waals surface area contributed by atoms with Gasteiger partial charge in [-0.05, 0) is 63.2 Å². The molecule has 2 rings (SSSR count). The van der Waals surface area contributed by atoms with E-state index in [1.807, 2.05) is 25.1 Å². The topological polar surface area (TPSA) is 58.6 Å². The van der Waals surface area contributed by atoms with Gasteiger partial charge in [0.05, 0.1) is 4.47 Å². The SMILES string of the molecule is CCC(C(=O)NC)N(Cc1ccc(F)cc1)C(=O)COc1ccc(C(C)(C)C)cc1Br. The van der Waals surface area contributed by atoms with E-state index in [-0.39, 0.29) is 36.2 Å². The smallest absolute Gasteiger partial charge is 0.261 e. The molecule has 2 aromatic carbocycles. The van der Waals surface area contributed by atoms with Crippen LogP contribution in [-0.2, 0) is 21.5 Å². The number of halogens is 2. The number of carbonyl (C=O) groups is 2. The number of benzene rings is 2. The molecule has 5 nitrogen and oxygen atoms in total. The summed E-state index contributed by atoms with van der Waals surface area (Å²) < 4.78 is 19.8. The molecular weight excluding hydrogens is 463 g/mol. The van der Waals surface area contributed by atoms with Gasteiger partial charge >= 0.3 is 0 Å². The molecule has 0 heterocycles. The molecule has 0 radical (unpaired) electrons. The van der Waals surface area contributed by atoms with E-state index < -0.39 is 6.04 Å². The summed E-state index contributed by atoms with van der Waals surface area (Å²) in [6.45, 7) is 8.16. The molecule has 0 fully saturated rings. The molecule has 2 amide bonds. The van der Waals surface area contributed by atoms with Crippen LogP contribution in [0.1, 0.15) is 45.2 Å². The average molecular weight is 493 g/mol. The molecule has 1 atom stereocenters. The van der Waals surface area contributed by atoms with Gasteiger partial charge in [0.15, 0.2) is 6.61 Å².